The van der Waals surface area contributed by atoms with Crippen LogP contribution < -0.4 is 0 Å². The minimum absolute atomic E-state index is 0.00503. The fraction of sp³-hybridized carbons (Fsp3) is 0.0926. The fourth-order valence-electron chi connectivity index (χ4n) is 9.31. The van der Waals surface area contributed by atoms with E-state index in [0.29, 0.717) is 38.9 Å². The highest BCUT2D eigenvalue weighted by Gasteiger charge is 2.40. The fourth-order valence-corrected chi connectivity index (χ4v) is 9.31. The molecule has 3 nitrogen and oxygen atoms in total. The predicted molar refractivity (Wildman–Crippen MR) is 242 cm³/mol. The van der Waals surface area contributed by atoms with Crippen LogP contribution in [0.4, 0.5) is 18.9 Å². The minimum Gasteiger partial charge on any atom is -0.309 e. The van der Waals surface area contributed by atoms with Crippen molar-refractivity contribution in [3.05, 3.63) is 197 Å². The molecule has 0 saturated carbocycles. The van der Waals surface area contributed by atoms with Crippen molar-refractivity contribution in [2.45, 2.75) is 33.9 Å². The smallest absolute Gasteiger partial charge is 0.309 e. The van der Waals surface area contributed by atoms with E-state index in [1.807, 2.05) is 72.8 Å². The van der Waals surface area contributed by atoms with Gasteiger partial charge < -0.3 is 9.13 Å². The summed E-state index contributed by atoms with van der Waals surface area (Å²) in [6.45, 7) is 16.1. The molecule has 0 atom stereocenters. The molecule has 290 valence electrons. The van der Waals surface area contributed by atoms with Gasteiger partial charge in [-0.2, -0.15) is 13.2 Å². The second kappa shape index (κ2) is 13.9. The third-order valence-corrected chi connectivity index (χ3v) is 11.9. The van der Waals surface area contributed by atoms with Crippen LogP contribution in [0, 0.1) is 34.3 Å². The summed E-state index contributed by atoms with van der Waals surface area (Å²) in [5.74, 6) is 0. The van der Waals surface area contributed by atoms with Gasteiger partial charge in [-0.05, 0) is 115 Å². The molecule has 2 aromatic heterocycles. The molecule has 0 radical (unpaired) electrons. The van der Waals surface area contributed by atoms with Crippen molar-refractivity contribution in [1.82, 2.24) is 9.13 Å². The molecule has 0 spiro atoms. The number of halogens is 3. The maximum atomic E-state index is 16.6. The Labute approximate surface area is 346 Å². The van der Waals surface area contributed by atoms with Crippen molar-refractivity contribution in [2.75, 3.05) is 0 Å². The monoisotopic (exact) mass is 785 g/mol. The van der Waals surface area contributed by atoms with E-state index in [-0.39, 0.29) is 11.4 Å². The van der Waals surface area contributed by atoms with Gasteiger partial charge in [0.05, 0.1) is 40.0 Å². The number of aryl methyl sites for hydroxylation is 4. The van der Waals surface area contributed by atoms with Crippen LogP contribution in [0.3, 0.4) is 0 Å². The Morgan fingerprint density at radius 3 is 1.50 bits per heavy atom. The molecule has 0 aliphatic rings. The summed E-state index contributed by atoms with van der Waals surface area (Å²) in [6, 6.07) is 50.4. The van der Waals surface area contributed by atoms with E-state index in [0.717, 1.165) is 60.5 Å². The first-order chi connectivity index (χ1) is 29.0. The molecule has 2 heterocycles. The first-order valence-electron chi connectivity index (χ1n) is 19.9. The molecular formula is C54H38F3N3. The van der Waals surface area contributed by atoms with Gasteiger partial charge in [-0.1, -0.05) is 120 Å². The van der Waals surface area contributed by atoms with E-state index in [2.05, 4.69) is 81.1 Å². The zero-order valence-electron chi connectivity index (χ0n) is 33.5. The van der Waals surface area contributed by atoms with E-state index in [9.17, 15) is 0 Å². The van der Waals surface area contributed by atoms with Gasteiger partial charge in [-0.3, -0.25) is 0 Å². The second-order valence-corrected chi connectivity index (χ2v) is 15.8. The maximum absolute atomic E-state index is 16.6. The van der Waals surface area contributed by atoms with Crippen LogP contribution in [0.25, 0.3) is 93.2 Å². The normalized spacial score (nSPS) is 11.9. The molecule has 10 rings (SSSR count). The number of alkyl halides is 3. The highest BCUT2D eigenvalue weighted by molar-refractivity contribution is 6.13. The van der Waals surface area contributed by atoms with Gasteiger partial charge in [0.15, 0.2) is 5.69 Å². The standard InChI is InChI=1S/C54H38F3N3/c1-32-17-21-40(34(3)27-32)37-19-24-49-45(30-37)43-13-6-8-15-47(43)59(49)51-26-23-42(36-11-10-12-39(29-36)58-5)53(52(51)54(55,56)57)60-48-16-9-7-14-44(48)46-31-38(20-25-50(46)60)41-22-18-33(2)28-35(41)4/h6-31H,1-4H3. The molecule has 0 saturated heterocycles. The van der Waals surface area contributed by atoms with Crippen LogP contribution in [-0.2, 0) is 6.18 Å². The predicted octanol–water partition coefficient (Wildman–Crippen LogP) is 15.7. The Hall–Kier alpha value is -7.36. The van der Waals surface area contributed by atoms with Crippen molar-refractivity contribution in [2.24, 2.45) is 0 Å². The Bertz CT molecular complexity index is 3430. The van der Waals surface area contributed by atoms with Crippen molar-refractivity contribution >= 4 is 49.3 Å². The van der Waals surface area contributed by atoms with Gasteiger partial charge in [0.25, 0.3) is 0 Å². The van der Waals surface area contributed by atoms with Gasteiger partial charge in [0.1, 0.15) is 5.56 Å². The van der Waals surface area contributed by atoms with E-state index in [4.69, 9.17) is 6.57 Å². The van der Waals surface area contributed by atoms with Crippen LogP contribution in [0.15, 0.2) is 158 Å². The Balaban J connectivity index is 1.33. The maximum Gasteiger partial charge on any atom is 0.420 e. The molecule has 0 unspecified atom stereocenters. The summed E-state index contributed by atoms with van der Waals surface area (Å²) in [6.07, 6.45) is -4.81. The number of nitrogens with zero attached hydrogens (tertiary/aromatic N) is 3. The van der Waals surface area contributed by atoms with Gasteiger partial charge >= 0.3 is 6.18 Å². The highest BCUT2D eigenvalue weighted by atomic mass is 19.4. The van der Waals surface area contributed by atoms with E-state index < -0.39 is 11.7 Å². The summed E-state index contributed by atoms with van der Waals surface area (Å²) >= 11 is 0. The van der Waals surface area contributed by atoms with Gasteiger partial charge in [-0.15, -0.1) is 0 Å². The van der Waals surface area contributed by atoms with E-state index >= 15 is 13.2 Å². The quantitative estimate of drug-likeness (QED) is 0.154. The average molecular weight is 786 g/mol. The lowest BCUT2D eigenvalue weighted by Crippen LogP contribution is -2.16. The van der Waals surface area contributed by atoms with Crippen molar-refractivity contribution in [3.8, 4) is 44.8 Å². The molecule has 0 bridgehead atoms. The molecule has 0 N–H and O–H groups in total. The van der Waals surface area contributed by atoms with Gasteiger partial charge in [-0.25, -0.2) is 4.85 Å². The van der Waals surface area contributed by atoms with Gasteiger partial charge in [0, 0.05) is 27.1 Å². The number of benzene rings is 8. The third-order valence-electron chi connectivity index (χ3n) is 11.9. The van der Waals surface area contributed by atoms with Crippen LogP contribution in [0.5, 0.6) is 0 Å². The molecule has 0 amide bonds. The minimum atomic E-state index is -4.81. The summed E-state index contributed by atoms with van der Waals surface area (Å²) < 4.78 is 53.3. The lowest BCUT2D eigenvalue weighted by Gasteiger charge is -2.24. The number of rotatable bonds is 5. The van der Waals surface area contributed by atoms with E-state index in [1.54, 1.807) is 45.5 Å². The van der Waals surface area contributed by atoms with Crippen LogP contribution in [-0.4, -0.2) is 9.13 Å². The average Bonchev–Trinajstić information content (AvgIpc) is 3.75. The summed E-state index contributed by atoms with van der Waals surface area (Å²) in [7, 11) is 0. The first kappa shape index (κ1) is 36.9. The first-order valence-corrected chi connectivity index (χ1v) is 19.9. The number of hydrogen-bond donors (Lipinski definition) is 0. The van der Waals surface area contributed by atoms with Crippen LogP contribution in [0.2, 0.25) is 0 Å². The molecule has 0 fully saturated rings. The second-order valence-electron chi connectivity index (χ2n) is 15.8. The highest BCUT2D eigenvalue weighted by Crippen LogP contribution is 2.48. The molecular weight excluding hydrogens is 748 g/mol. The van der Waals surface area contributed by atoms with Crippen LogP contribution >= 0.6 is 0 Å². The summed E-state index contributed by atoms with van der Waals surface area (Å²) in [5.41, 5.74) is 11.9. The Morgan fingerprint density at radius 1 is 0.450 bits per heavy atom. The van der Waals surface area contributed by atoms with Gasteiger partial charge in [0.2, 0.25) is 0 Å². The molecule has 60 heavy (non-hydrogen) atoms. The Morgan fingerprint density at radius 2 is 0.950 bits per heavy atom. The van der Waals surface area contributed by atoms with Crippen molar-refractivity contribution in [3.63, 3.8) is 0 Å². The lowest BCUT2D eigenvalue weighted by molar-refractivity contribution is -0.137. The Kier molecular flexibility index (Phi) is 8.55. The molecule has 6 heteroatoms. The molecule has 10 aromatic rings. The third kappa shape index (κ3) is 5.88. The lowest BCUT2D eigenvalue weighted by atomic mass is 9.96. The zero-order chi connectivity index (χ0) is 41.4. The number of hydrogen-bond acceptors (Lipinski definition) is 0. The van der Waals surface area contributed by atoms with Crippen molar-refractivity contribution < 1.29 is 13.2 Å². The topological polar surface area (TPSA) is 14.2 Å². The molecule has 0 aliphatic carbocycles. The number of para-hydroxylation sites is 2. The summed E-state index contributed by atoms with van der Waals surface area (Å²) in [5, 5.41) is 3.41. The van der Waals surface area contributed by atoms with Crippen LogP contribution in [0.1, 0.15) is 27.8 Å². The number of aromatic nitrogens is 2. The summed E-state index contributed by atoms with van der Waals surface area (Å²) in [4.78, 5) is 3.65. The number of fused-ring (bicyclic) bond motifs is 6. The molecule has 8 aromatic carbocycles. The SMILES string of the molecule is [C-]#[N+]c1cccc(-c2ccc(-n3c4ccccc4c4cc(-c5ccc(C)cc5C)ccc43)c(C(F)(F)F)c2-n2c3ccccc3c3cc(-c4ccc(C)cc4C)ccc32)c1. The molecule has 0 aliphatic heterocycles. The van der Waals surface area contributed by atoms with E-state index in [1.165, 1.54) is 5.56 Å². The largest absolute Gasteiger partial charge is 0.420 e. The zero-order valence-corrected chi connectivity index (χ0v) is 33.5. The van der Waals surface area contributed by atoms with Crippen molar-refractivity contribution in [1.29, 1.82) is 0 Å².